The van der Waals surface area contributed by atoms with Crippen molar-refractivity contribution >= 4 is 28.5 Å². The molecule has 0 bridgehead atoms. The van der Waals surface area contributed by atoms with Gasteiger partial charge < -0.3 is 20.1 Å². The van der Waals surface area contributed by atoms with E-state index < -0.39 is 5.82 Å². The summed E-state index contributed by atoms with van der Waals surface area (Å²) >= 11 is 6.06. The molecule has 1 aromatic carbocycles. The van der Waals surface area contributed by atoms with E-state index in [1.807, 2.05) is 25.1 Å². The number of aromatic amines is 1. The number of ether oxygens (including phenoxy) is 1. The summed E-state index contributed by atoms with van der Waals surface area (Å²) in [7, 11) is 0. The van der Waals surface area contributed by atoms with Crippen LogP contribution in [0.3, 0.4) is 0 Å². The number of aromatic nitrogens is 4. The van der Waals surface area contributed by atoms with Crippen molar-refractivity contribution in [1.29, 1.82) is 0 Å². The third-order valence-corrected chi connectivity index (χ3v) is 4.76. The molecular formula is C21H25ClFN5O2. The van der Waals surface area contributed by atoms with E-state index in [2.05, 4.69) is 25.3 Å². The van der Waals surface area contributed by atoms with Gasteiger partial charge in [0.25, 0.3) is 0 Å². The lowest BCUT2D eigenvalue weighted by molar-refractivity contribution is 0.201. The Morgan fingerprint density at radius 3 is 3.00 bits per heavy atom. The zero-order valence-electron chi connectivity index (χ0n) is 16.1. The van der Waals surface area contributed by atoms with Gasteiger partial charge in [-0.15, -0.1) is 0 Å². The van der Waals surface area contributed by atoms with E-state index in [0.29, 0.717) is 27.8 Å². The van der Waals surface area contributed by atoms with E-state index in [1.165, 1.54) is 0 Å². The van der Waals surface area contributed by atoms with Gasteiger partial charge in [-0.1, -0.05) is 23.7 Å². The second kappa shape index (κ2) is 8.64. The summed E-state index contributed by atoms with van der Waals surface area (Å²) in [6, 6.07) is 8.88. The molecule has 0 fully saturated rings. The number of H-pyrrole nitrogens is 1. The van der Waals surface area contributed by atoms with Crippen LogP contribution in [0.5, 0.6) is 5.75 Å². The van der Waals surface area contributed by atoms with Gasteiger partial charge in [0.05, 0.1) is 23.9 Å². The summed E-state index contributed by atoms with van der Waals surface area (Å²) in [6.07, 6.45) is 4.40. The molecule has 0 saturated heterocycles. The maximum atomic E-state index is 14.4. The minimum Gasteiger partial charge on any atom is -0.491 e. The molecule has 0 aliphatic rings. The lowest BCUT2D eigenvalue weighted by Gasteiger charge is -2.17. The number of halogens is 2. The molecule has 3 heterocycles. The predicted octanol–water partition coefficient (Wildman–Crippen LogP) is 5.09. The Morgan fingerprint density at radius 1 is 1.30 bits per heavy atom. The summed E-state index contributed by atoms with van der Waals surface area (Å²) in [5.41, 5.74) is 2.20. The molecule has 1 atom stereocenters. The van der Waals surface area contributed by atoms with Crippen LogP contribution in [0, 0.1) is 5.82 Å². The van der Waals surface area contributed by atoms with Crippen molar-refractivity contribution in [2.75, 3.05) is 18.5 Å². The fraction of sp³-hybridized carbons (Fsp3) is 0.190. The number of nitrogens with one attached hydrogen (secondary N) is 2. The number of aliphatic hydroxyl groups excluding tert-OH is 1. The number of anilines is 1. The first-order valence-electron chi connectivity index (χ1n) is 9.31. The van der Waals surface area contributed by atoms with Gasteiger partial charge in [0, 0.05) is 27.6 Å². The third-order valence-electron chi connectivity index (χ3n) is 4.55. The number of pyridine rings is 1. The van der Waals surface area contributed by atoms with Crippen LogP contribution in [0.4, 0.5) is 10.2 Å². The highest BCUT2D eigenvalue weighted by Crippen LogP contribution is 2.29. The standard InChI is InChI=1S/C21H19ClFN5O2.3H2/c1-12(13-3-2-4-15(7-13)30-6-5-29)27-21-18(23)11-26-20(28-21)17-10-25-19-16(17)8-14(22)9-24-19;;;/h2-4,7-12,29H,5-6H2,1H3,(H,24,25)(H,26,27,28);3*1H/t12-;;;/m0.../s1. The van der Waals surface area contributed by atoms with Crippen molar-refractivity contribution in [1.82, 2.24) is 19.9 Å². The van der Waals surface area contributed by atoms with Gasteiger partial charge in [0.15, 0.2) is 17.5 Å². The predicted molar refractivity (Wildman–Crippen MR) is 119 cm³/mol. The topological polar surface area (TPSA) is 96.0 Å². The van der Waals surface area contributed by atoms with Crippen molar-refractivity contribution in [2.24, 2.45) is 0 Å². The normalized spacial score (nSPS) is 12.1. The van der Waals surface area contributed by atoms with Crippen LogP contribution >= 0.6 is 11.6 Å². The molecule has 0 radical (unpaired) electrons. The zero-order valence-corrected chi connectivity index (χ0v) is 16.8. The fourth-order valence-corrected chi connectivity index (χ4v) is 3.24. The molecule has 30 heavy (non-hydrogen) atoms. The molecule has 0 spiro atoms. The first-order chi connectivity index (χ1) is 14.5. The molecule has 0 aliphatic carbocycles. The molecule has 9 heteroatoms. The smallest absolute Gasteiger partial charge is 0.183 e. The number of hydrogen-bond donors (Lipinski definition) is 3. The van der Waals surface area contributed by atoms with Crippen molar-refractivity contribution < 1.29 is 18.5 Å². The Morgan fingerprint density at radius 2 is 2.17 bits per heavy atom. The van der Waals surface area contributed by atoms with Crippen molar-refractivity contribution in [3.8, 4) is 17.1 Å². The maximum Gasteiger partial charge on any atom is 0.183 e. The zero-order chi connectivity index (χ0) is 21.1. The molecule has 160 valence electrons. The van der Waals surface area contributed by atoms with E-state index >= 15 is 0 Å². The molecule has 4 aromatic rings. The van der Waals surface area contributed by atoms with Gasteiger partial charge in [-0.25, -0.2) is 19.3 Å². The Balaban J connectivity index is 0.00000181. The first-order valence-corrected chi connectivity index (χ1v) is 9.68. The van der Waals surface area contributed by atoms with E-state index in [-0.39, 0.29) is 29.4 Å². The molecule has 4 rings (SSSR count). The Hall–Kier alpha value is -3.23. The lowest BCUT2D eigenvalue weighted by atomic mass is 10.1. The molecule has 0 aliphatic heterocycles. The Kier molecular flexibility index (Phi) is 5.78. The molecule has 7 nitrogen and oxygen atoms in total. The van der Waals surface area contributed by atoms with Crippen LogP contribution in [-0.2, 0) is 0 Å². The van der Waals surface area contributed by atoms with Crippen molar-refractivity contribution in [2.45, 2.75) is 13.0 Å². The van der Waals surface area contributed by atoms with E-state index in [0.717, 1.165) is 17.1 Å². The quantitative estimate of drug-likeness (QED) is 0.375. The lowest BCUT2D eigenvalue weighted by Crippen LogP contribution is -2.11. The van der Waals surface area contributed by atoms with Gasteiger partial charge in [-0.2, -0.15) is 0 Å². The minimum atomic E-state index is -0.561. The second-order valence-electron chi connectivity index (χ2n) is 6.65. The van der Waals surface area contributed by atoms with Gasteiger partial charge in [-0.3, -0.25) is 0 Å². The van der Waals surface area contributed by atoms with Crippen LogP contribution in [0.2, 0.25) is 5.02 Å². The van der Waals surface area contributed by atoms with Crippen molar-refractivity contribution in [3.05, 3.63) is 65.3 Å². The third kappa shape index (κ3) is 4.19. The molecule has 0 amide bonds. The molecule has 0 unspecified atom stereocenters. The summed E-state index contributed by atoms with van der Waals surface area (Å²) in [5.74, 6) is 0.497. The summed E-state index contributed by atoms with van der Waals surface area (Å²) in [5, 5.41) is 13.2. The SMILES string of the molecule is C[C@H](Nc1nc(-c2c[nH]c3ncc(Cl)cc23)ncc1F)c1cccc(OCCO)c1.[HH].[HH].[HH]. The van der Waals surface area contributed by atoms with Crippen LogP contribution in [0.15, 0.2) is 48.9 Å². The highest BCUT2D eigenvalue weighted by atomic mass is 35.5. The van der Waals surface area contributed by atoms with E-state index in [4.69, 9.17) is 21.4 Å². The summed E-state index contributed by atoms with van der Waals surface area (Å²) < 4.78 is 19.9. The largest absolute Gasteiger partial charge is 0.491 e. The number of aliphatic hydroxyl groups is 1. The number of benzene rings is 1. The minimum absolute atomic E-state index is 0. The van der Waals surface area contributed by atoms with Crippen molar-refractivity contribution in [3.63, 3.8) is 0 Å². The fourth-order valence-electron chi connectivity index (χ4n) is 3.09. The average Bonchev–Trinajstić information content (AvgIpc) is 3.17. The monoisotopic (exact) mass is 433 g/mol. The highest BCUT2D eigenvalue weighted by molar-refractivity contribution is 6.31. The number of fused-ring (bicyclic) bond motifs is 1. The Labute approximate surface area is 181 Å². The van der Waals surface area contributed by atoms with Crippen LogP contribution in [-0.4, -0.2) is 38.3 Å². The van der Waals surface area contributed by atoms with Gasteiger partial charge in [-0.05, 0) is 30.7 Å². The molecule has 3 aromatic heterocycles. The van der Waals surface area contributed by atoms with E-state index in [1.54, 1.807) is 24.5 Å². The number of rotatable bonds is 7. The van der Waals surface area contributed by atoms with E-state index in [9.17, 15) is 4.39 Å². The van der Waals surface area contributed by atoms with Crippen LogP contribution < -0.4 is 10.1 Å². The summed E-state index contributed by atoms with van der Waals surface area (Å²) in [4.78, 5) is 15.8. The highest BCUT2D eigenvalue weighted by Gasteiger charge is 2.16. The molecular weight excluding hydrogens is 409 g/mol. The molecule has 3 N–H and O–H groups in total. The summed E-state index contributed by atoms with van der Waals surface area (Å²) in [6.45, 7) is 2.03. The first kappa shape index (κ1) is 20.1. The number of nitrogens with zero attached hydrogens (tertiary/aromatic N) is 3. The molecule has 0 saturated carbocycles. The van der Waals surface area contributed by atoms with Gasteiger partial charge in [0.2, 0.25) is 0 Å². The Bertz CT molecular complexity index is 1200. The average molecular weight is 434 g/mol. The number of hydrogen-bond acceptors (Lipinski definition) is 6. The van der Waals surface area contributed by atoms with Crippen LogP contribution in [0.1, 0.15) is 22.8 Å². The second-order valence-corrected chi connectivity index (χ2v) is 7.09. The van der Waals surface area contributed by atoms with Gasteiger partial charge in [0.1, 0.15) is 18.0 Å². The maximum absolute atomic E-state index is 14.4. The van der Waals surface area contributed by atoms with Gasteiger partial charge >= 0.3 is 0 Å². The van der Waals surface area contributed by atoms with Crippen LogP contribution in [0.25, 0.3) is 22.4 Å².